The minimum absolute atomic E-state index is 0.139. The number of halogens is 1. The standard InChI is InChI=1S/C9H11FN2O2/c1-12-8(9(11)14)6-4-5(10)2-3-7(6)13/h2-4,8,12-13H,1H3,(H2,11,14). The smallest absolute Gasteiger partial charge is 0.239 e. The van der Waals surface area contributed by atoms with E-state index in [9.17, 15) is 14.3 Å². The Morgan fingerprint density at radius 3 is 2.79 bits per heavy atom. The number of carbonyl (C=O) groups is 1. The summed E-state index contributed by atoms with van der Waals surface area (Å²) < 4.78 is 12.8. The normalized spacial score (nSPS) is 12.4. The highest BCUT2D eigenvalue weighted by atomic mass is 19.1. The van der Waals surface area contributed by atoms with Crippen molar-refractivity contribution in [2.45, 2.75) is 6.04 Å². The van der Waals surface area contributed by atoms with Crippen LogP contribution < -0.4 is 11.1 Å². The Bertz CT molecular complexity index is 355. The first-order chi connectivity index (χ1) is 6.56. The minimum Gasteiger partial charge on any atom is -0.508 e. The number of likely N-dealkylation sites (N-methyl/N-ethyl adjacent to an activating group) is 1. The zero-order valence-electron chi connectivity index (χ0n) is 7.62. The summed E-state index contributed by atoms with van der Waals surface area (Å²) in [5.41, 5.74) is 5.20. The van der Waals surface area contributed by atoms with E-state index in [4.69, 9.17) is 5.73 Å². The van der Waals surface area contributed by atoms with Crippen molar-refractivity contribution in [3.05, 3.63) is 29.6 Å². The van der Waals surface area contributed by atoms with E-state index in [-0.39, 0.29) is 11.3 Å². The summed E-state index contributed by atoms with van der Waals surface area (Å²) in [5.74, 6) is -1.36. The molecule has 1 aromatic rings. The number of rotatable bonds is 3. The van der Waals surface area contributed by atoms with Gasteiger partial charge in [0, 0.05) is 5.56 Å². The predicted octanol–water partition coefficient (Wildman–Crippen LogP) is 0.277. The third-order valence-corrected chi connectivity index (χ3v) is 1.87. The summed E-state index contributed by atoms with van der Waals surface area (Å²) in [4.78, 5) is 10.9. The monoisotopic (exact) mass is 198 g/mol. The van der Waals surface area contributed by atoms with Crippen LogP contribution in [0.3, 0.4) is 0 Å². The molecular formula is C9H11FN2O2. The zero-order chi connectivity index (χ0) is 10.7. The van der Waals surface area contributed by atoms with Gasteiger partial charge < -0.3 is 16.2 Å². The van der Waals surface area contributed by atoms with Crippen LogP contribution in [0, 0.1) is 5.82 Å². The lowest BCUT2D eigenvalue weighted by Gasteiger charge is -2.13. The molecule has 0 aliphatic rings. The van der Waals surface area contributed by atoms with E-state index in [1.165, 1.54) is 13.1 Å². The number of hydrogen-bond acceptors (Lipinski definition) is 3. The van der Waals surface area contributed by atoms with Crippen LogP contribution in [0.4, 0.5) is 4.39 Å². The molecule has 1 unspecified atom stereocenters. The Morgan fingerprint density at radius 2 is 2.29 bits per heavy atom. The average Bonchev–Trinajstić information content (AvgIpc) is 2.11. The van der Waals surface area contributed by atoms with E-state index in [0.717, 1.165) is 12.1 Å². The number of aromatic hydroxyl groups is 1. The van der Waals surface area contributed by atoms with Crippen molar-refractivity contribution in [1.82, 2.24) is 5.32 Å². The maximum absolute atomic E-state index is 12.8. The molecule has 14 heavy (non-hydrogen) atoms. The van der Waals surface area contributed by atoms with Crippen molar-refractivity contribution >= 4 is 5.91 Å². The number of benzene rings is 1. The van der Waals surface area contributed by atoms with Gasteiger partial charge in [-0.2, -0.15) is 0 Å². The van der Waals surface area contributed by atoms with Crippen LogP contribution in [0.5, 0.6) is 5.75 Å². The number of hydrogen-bond donors (Lipinski definition) is 3. The predicted molar refractivity (Wildman–Crippen MR) is 49.1 cm³/mol. The number of primary amides is 1. The molecule has 1 amide bonds. The molecule has 4 nitrogen and oxygen atoms in total. The van der Waals surface area contributed by atoms with Crippen molar-refractivity contribution in [3.63, 3.8) is 0 Å². The van der Waals surface area contributed by atoms with Crippen molar-refractivity contribution in [1.29, 1.82) is 0 Å². The number of nitrogens with two attached hydrogens (primary N) is 1. The maximum atomic E-state index is 12.8. The first-order valence-electron chi connectivity index (χ1n) is 4.01. The van der Waals surface area contributed by atoms with Crippen LogP contribution in [0.25, 0.3) is 0 Å². The van der Waals surface area contributed by atoms with Crippen LogP contribution in [0.2, 0.25) is 0 Å². The van der Waals surface area contributed by atoms with Gasteiger partial charge in [0.25, 0.3) is 0 Å². The van der Waals surface area contributed by atoms with Gasteiger partial charge in [-0.25, -0.2) is 4.39 Å². The molecule has 0 spiro atoms. The molecule has 4 N–H and O–H groups in total. The molecule has 0 aliphatic heterocycles. The van der Waals surface area contributed by atoms with Gasteiger partial charge in [0.2, 0.25) is 5.91 Å². The lowest BCUT2D eigenvalue weighted by atomic mass is 10.1. The number of nitrogens with one attached hydrogen (secondary N) is 1. The summed E-state index contributed by atoms with van der Waals surface area (Å²) in [7, 11) is 1.50. The van der Waals surface area contributed by atoms with Crippen LogP contribution in [-0.4, -0.2) is 18.1 Å². The van der Waals surface area contributed by atoms with Crippen molar-refractivity contribution in [2.24, 2.45) is 5.73 Å². The molecule has 0 aromatic heterocycles. The molecule has 1 rings (SSSR count). The van der Waals surface area contributed by atoms with E-state index in [1.54, 1.807) is 0 Å². The number of amides is 1. The van der Waals surface area contributed by atoms with Gasteiger partial charge in [0.15, 0.2) is 0 Å². The largest absolute Gasteiger partial charge is 0.508 e. The SMILES string of the molecule is CNC(C(N)=O)c1cc(F)ccc1O. The molecule has 76 valence electrons. The van der Waals surface area contributed by atoms with Crippen LogP contribution in [-0.2, 0) is 4.79 Å². The first-order valence-corrected chi connectivity index (χ1v) is 4.01. The summed E-state index contributed by atoms with van der Waals surface area (Å²) in [6, 6.07) is 2.47. The van der Waals surface area contributed by atoms with E-state index in [1.807, 2.05) is 0 Å². The molecule has 1 aromatic carbocycles. The summed E-state index contributed by atoms with van der Waals surface area (Å²) in [5, 5.41) is 12.0. The van der Waals surface area contributed by atoms with Crippen LogP contribution in [0.1, 0.15) is 11.6 Å². The highest BCUT2D eigenvalue weighted by molar-refractivity contribution is 5.82. The fraction of sp³-hybridized carbons (Fsp3) is 0.222. The van der Waals surface area contributed by atoms with Gasteiger partial charge in [-0.05, 0) is 25.2 Å². The Kier molecular flexibility index (Phi) is 3.03. The molecule has 0 heterocycles. The Hall–Kier alpha value is -1.62. The summed E-state index contributed by atoms with van der Waals surface area (Å²) >= 11 is 0. The second-order valence-electron chi connectivity index (χ2n) is 2.83. The Balaban J connectivity index is 3.15. The van der Waals surface area contributed by atoms with Gasteiger partial charge in [-0.15, -0.1) is 0 Å². The first kappa shape index (κ1) is 10.5. The highest BCUT2D eigenvalue weighted by Gasteiger charge is 2.19. The van der Waals surface area contributed by atoms with Crippen LogP contribution in [0.15, 0.2) is 18.2 Å². The summed E-state index contributed by atoms with van der Waals surface area (Å²) in [6.45, 7) is 0. The number of phenolic OH excluding ortho intramolecular Hbond substituents is 1. The molecule has 0 aliphatic carbocycles. The lowest BCUT2D eigenvalue weighted by Crippen LogP contribution is -2.31. The van der Waals surface area contributed by atoms with Crippen molar-refractivity contribution in [2.75, 3.05) is 7.05 Å². The molecule has 1 atom stereocenters. The van der Waals surface area contributed by atoms with E-state index < -0.39 is 17.8 Å². The second kappa shape index (κ2) is 4.06. The topological polar surface area (TPSA) is 75.3 Å². The average molecular weight is 198 g/mol. The van der Waals surface area contributed by atoms with Gasteiger partial charge >= 0.3 is 0 Å². The van der Waals surface area contributed by atoms with Gasteiger partial charge in [0.1, 0.15) is 17.6 Å². The van der Waals surface area contributed by atoms with Crippen molar-refractivity contribution in [3.8, 4) is 5.75 Å². The number of phenols is 1. The molecule has 0 bridgehead atoms. The molecule has 0 saturated carbocycles. The second-order valence-corrected chi connectivity index (χ2v) is 2.83. The zero-order valence-corrected chi connectivity index (χ0v) is 7.62. The van der Waals surface area contributed by atoms with Gasteiger partial charge in [-0.1, -0.05) is 0 Å². The number of carbonyl (C=O) groups excluding carboxylic acids is 1. The van der Waals surface area contributed by atoms with E-state index in [0.29, 0.717) is 0 Å². The Morgan fingerprint density at radius 1 is 1.64 bits per heavy atom. The molecule has 0 radical (unpaired) electrons. The fourth-order valence-electron chi connectivity index (χ4n) is 1.21. The van der Waals surface area contributed by atoms with E-state index >= 15 is 0 Å². The van der Waals surface area contributed by atoms with E-state index in [2.05, 4.69) is 5.32 Å². The highest BCUT2D eigenvalue weighted by Crippen LogP contribution is 2.24. The van der Waals surface area contributed by atoms with Gasteiger partial charge in [0.05, 0.1) is 0 Å². The van der Waals surface area contributed by atoms with Crippen LogP contribution >= 0.6 is 0 Å². The maximum Gasteiger partial charge on any atom is 0.239 e. The van der Waals surface area contributed by atoms with Crippen molar-refractivity contribution < 1.29 is 14.3 Å². The molecular weight excluding hydrogens is 187 g/mol. The molecule has 0 fully saturated rings. The lowest BCUT2D eigenvalue weighted by molar-refractivity contribution is -0.120. The minimum atomic E-state index is -0.884. The van der Waals surface area contributed by atoms with Gasteiger partial charge in [-0.3, -0.25) is 4.79 Å². The quantitative estimate of drug-likeness (QED) is 0.652. The fourth-order valence-corrected chi connectivity index (χ4v) is 1.21. The Labute approximate surface area is 80.5 Å². The summed E-state index contributed by atoms with van der Waals surface area (Å²) in [6.07, 6.45) is 0. The molecule has 0 saturated heterocycles. The third-order valence-electron chi connectivity index (χ3n) is 1.87. The molecule has 5 heteroatoms. The third kappa shape index (κ3) is 2.00.